The SMILES string of the molecule is Cc1ccc(S(=O)(=O)N2c3ccc(C(=O)Nc4ccc(F)c(Cl)c4)cc3C[C@H]2C)cc1. The Morgan fingerprint density at radius 1 is 1.10 bits per heavy atom. The molecular weight excluding hydrogens is 439 g/mol. The summed E-state index contributed by atoms with van der Waals surface area (Å²) in [6, 6.07) is 15.3. The van der Waals surface area contributed by atoms with Gasteiger partial charge in [-0.25, -0.2) is 12.8 Å². The molecule has 8 heteroatoms. The maximum atomic E-state index is 13.3. The second kappa shape index (κ2) is 7.98. The molecule has 0 aromatic heterocycles. The maximum Gasteiger partial charge on any atom is 0.264 e. The number of amides is 1. The summed E-state index contributed by atoms with van der Waals surface area (Å²) >= 11 is 5.77. The van der Waals surface area contributed by atoms with Crippen LogP contribution in [-0.4, -0.2) is 20.4 Å². The molecule has 0 saturated carbocycles. The van der Waals surface area contributed by atoms with E-state index in [4.69, 9.17) is 11.6 Å². The predicted molar refractivity (Wildman–Crippen MR) is 120 cm³/mol. The summed E-state index contributed by atoms with van der Waals surface area (Å²) in [5, 5.41) is 2.59. The largest absolute Gasteiger partial charge is 0.322 e. The number of nitrogens with zero attached hydrogens (tertiary/aromatic N) is 1. The lowest BCUT2D eigenvalue weighted by molar-refractivity contribution is 0.102. The van der Waals surface area contributed by atoms with Crippen LogP contribution in [0.5, 0.6) is 0 Å². The van der Waals surface area contributed by atoms with Crippen molar-refractivity contribution in [3.63, 3.8) is 0 Å². The Labute approximate surface area is 185 Å². The number of fused-ring (bicyclic) bond motifs is 1. The number of hydrogen-bond acceptors (Lipinski definition) is 3. The minimum atomic E-state index is -3.73. The van der Waals surface area contributed by atoms with E-state index in [1.165, 1.54) is 22.5 Å². The number of halogens is 2. The van der Waals surface area contributed by atoms with Crippen LogP contribution in [0, 0.1) is 12.7 Å². The van der Waals surface area contributed by atoms with E-state index in [1.54, 1.807) is 42.5 Å². The number of nitrogens with one attached hydrogen (secondary N) is 1. The van der Waals surface area contributed by atoms with E-state index in [9.17, 15) is 17.6 Å². The molecule has 1 aliphatic heterocycles. The van der Waals surface area contributed by atoms with Crippen LogP contribution in [0.2, 0.25) is 5.02 Å². The number of sulfonamides is 1. The zero-order valence-corrected chi connectivity index (χ0v) is 18.5. The predicted octanol–water partition coefficient (Wildman–Crippen LogP) is 5.18. The van der Waals surface area contributed by atoms with Crippen molar-refractivity contribution in [1.29, 1.82) is 0 Å². The molecule has 0 saturated heterocycles. The van der Waals surface area contributed by atoms with Crippen molar-refractivity contribution >= 4 is 38.9 Å². The Morgan fingerprint density at radius 2 is 1.81 bits per heavy atom. The molecular formula is C23H20ClFN2O3S. The smallest absolute Gasteiger partial charge is 0.264 e. The van der Waals surface area contributed by atoms with Gasteiger partial charge in [-0.05, 0) is 74.4 Å². The molecule has 4 rings (SSSR count). The summed E-state index contributed by atoms with van der Waals surface area (Å²) in [6.07, 6.45) is 0.490. The molecule has 5 nitrogen and oxygen atoms in total. The Kier molecular flexibility index (Phi) is 5.49. The van der Waals surface area contributed by atoms with Gasteiger partial charge in [0.25, 0.3) is 15.9 Å². The van der Waals surface area contributed by atoms with Crippen molar-refractivity contribution in [1.82, 2.24) is 0 Å². The third-order valence-corrected chi connectivity index (χ3v) is 7.48. The number of aryl methyl sites for hydroxylation is 1. The van der Waals surface area contributed by atoms with Gasteiger partial charge in [0, 0.05) is 17.3 Å². The Morgan fingerprint density at radius 3 is 2.48 bits per heavy atom. The molecule has 0 spiro atoms. The van der Waals surface area contributed by atoms with Crippen LogP contribution in [0.3, 0.4) is 0 Å². The van der Waals surface area contributed by atoms with Gasteiger partial charge in [0.05, 0.1) is 15.6 Å². The summed E-state index contributed by atoms with van der Waals surface area (Å²) in [5.41, 5.74) is 3.06. The molecule has 0 radical (unpaired) electrons. The van der Waals surface area contributed by atoms with Crippen LogP contribution in [-0.2, 0) is 16.4 Å². The average molecular weight is 459 g/mol. The number of anilines is 2. The highest BCUT2D eigenvalue weighted by molar-refractivity contribution is 7.92. The molecule has 160 valence electrons. The molecule has 0 unspecified atom stereocenters. The first-order valence-electron chi connectivity index (χ1n) is 9.67. The molecule has 1 amide bonds. The topological polar surface area (TPSA) is 66.5 Å². The van der Waals surface area contributed by atoms with Crippen molar-refractivity contribution in [2.45, 2.75) is 31.2 Å². The van der Waals surface area contributed by atoms with Crippen molar-refractivity contribution in [3.8, 4) is 0 Å². The van der Waals surface area contributed by atoms with Crippen molar-refractivity contribution in [3.05, 3.63) is 88.2 Å². The lowest BCUT2D eigenvalue weighted by Crippen LogP contribution is -2.35. The van der Waals surface area contributed by atoms with E-state index in [1.807, 2.05) is 13.8 Å². The molecule has 0 fully saturated rings. The van der Waals surface area contributed by atoms with Crippen molar-refractivity contribution < 1.29 is 17.6 Å². The fourth-order valence-corrected chi connectivity index (χ4v) is 5.58. The second-order valence-electron chi connectivity index (χ2n) is 7.59. The molecule has 3 aromatic rings. The maximum absolute atomic E-state index is 13.3. The summed E-state index contributed by atoms with van der Waals surface area (Å²) in [6.45, 7) is 3.74. The third-order valence-electron chi connectivity index (χ3n) is 5.25. The number of carbonyl (C=O) groups excluding carboxylic acids is 1. The highest BCUT2D eigenvalue weighted by Crippen LogP contribution is 2.37. The normalized spacial score (nSPS) is 15.6. The fourth-order valence-electron chi connectivity index (χ4n) is 3.71. The number of rotatable bonds is 4. The van der Waals surface area contributed by atoms with E-state index < -0.39 is 21.7 Å². The Balaban J connectivity index is 1.62. The van der Waals surface area contributed by atoms with Gasteiger partial charge in [0.15, 0.2) is 0 Å². The first-order chi connectivity index (χ1) is 14.7. The van der Waals surface area contributed by atoms with Crippen molar-refractivity contribution in [2.24, 2.45) is 0 Å². The fraction of sp³-hybridized carbons (Fsp3) is 0.174. The molecule has 3 aromatic carbocycles. The van der Waals surface area contributed by atoms with Gasteiger partial charge in [0.2, 0.25) is 0 Å². The van der Waals surface area contributed by atoms with Gasteiger partial charge in [-0.1, -0.05) is 29.3 Å². The van der Waals surface area contributed by atoms with Crippen LogP contribution in [0.1, 0.15) is 28.4 Å². The lowest BCUT2D eigenvalue weighted by Gasteiger charge is -2.24. The van der Waals surface area contributed by atoms with Gasteiger partial charge < -0.3 is 5.32 Å². The second-order valence-corrected chi connectivity index (χ2v) is 9.82. The van der Waals surface area contributed by atoms with E-state index >= 15 is 0 Å². The van der Waals surface area contributed by atoms with E-state index in [-0.39, 0.29) is 16.0 Å². The van der Waals surface area contributed by atoms with E-state index in [0.717, 1.165) is 11.1 Å². The van der Waals surface area contributed by atoms with Gasteiger partial charge in [-0.2, -0.15) is 0 Å². The van der Waals surface area contributed by atoms with Crippen LogP contribution >= 0.6 is 11.6 Å². The van der Waals surface area contributed by atoms with Crippen LogP contribution < -0.4 is 9.62 Å². The molecule has 1 heterocycles. The summed E-state index contributed by atoms with van der Waals surface area (Å²) in [5.74, 6) is -0.959. The molecule has 0 bridgehead atoms. The lowest BCUT2D eigenvalue weighted by atomic mass is 10.1. The zero-order chi connectivity index (χ0) is 22.3. The minimum Gasteiger partial charge on any atom is -0.322 e. The van der Waals surface area contributed by atoms with Crippen LogP contribution in [0.4, 0.5) is 15.8 Å². The summed E-state index contributed by atoms with van der Waals surface area (Å²) < 4.78 is 41.2. The van der Waals surface area contributed by atoms with Gasteiger partial charge in [-0.15, -0.1) is 0 Å². The first-order valence-corrected chi connectivity index (χ1v) is 11.5. The molecule has 31 heavy (non-hydrogen) atoms. The number of benzene rings is 3. The Hall–Kier alpha value is -2.90. The van der Waals surface area contributed by atoms with Crippen molar-refractivity contribution in [2.75, 3.05) is 9.62 Å². The standard InChI is InChI=1S/C23H20ClFN2O3S/c1-14-3-7-19(8-4-14)31(29,30)27-15(2)11-17-12-16(5-10-22(17)27)23(28)26-18-6-9-21(25)20(24)13-18/h3-10,12-13,15H,11H2,1-2H3,(H,26,28)/t15-/m1/s1. The van der Waals surface area contributed by atoms with E-state index in [0.29, 0.717) is 23.4 Å². The zero-order valence-electron chi connectivity index (χ0n) is 16.9. The Bertz CT molecular complexity index is 1280. The summed E-state index contributed by atoms with van der Waals surface area (Å²) in [7, 11) is -3.73. The van der Waals surface area contributed by atoms with Crippen LogP contribution in [0.15, 0.2) is 65.6 Å². The van der Waals surface area contributed by atoms with Gasteiger partial charge >= 0.3 is 0 Å². The first kappa shape index (κ1) is 21.3. The number of hydrogen-bond donors (Lipinski definition) is 1. The molecule has 1 aliphatic rings. The highest BCUT2D eigenvalue weighted by atomic mass is 35.5. The minimum absolute atomic E-state index is 0.0856. The van der Waals surface area contributed by atoms with Gasteiger partial charge in [0.1, 0.15) is 5.82 Å². The third kappa shape index (κ3) is 4.03. The monoisotopic (exact) mass is 458 g/mol. The van der Waals surface area contributed by atoms with Gasteiger partial charge in [-0.3, -0.25) is 9.10 Å². The quantitative estimate of drug-likeness (QED) is 0.585. The number of carbonyl (C=O) groups is 1. The van der Waals surface area contributed by atoms with E-state index in [2.05, 4.69) is 5.32 Å². The highest BCUT2D eigenvalue weighted by Gasteiger charge is 2.36. The van der Waals surface area contributed by atoms with Crippen LogP contribution in [0.25, 0.3) is 0 Å². The molecule has 1 atom stereocenters. The summed E-state index contributed by atoms with van der Waals surface area (Å²) in [4.78, 5) is 12.9. The molecule has 0 aliphatic carbocycles. The molecule has 1 N–H and O–H groups in total. The average Bonchev–Trinajstić information content (AvgIpc) is 3.06.